The molecule has 1 heterocycles. The highest BCUT2D eigenvalue weighted by Gasteiger charge is 2.15. The van der Waals surface area contributed by atoms with Gasteiger partial charge in [0.05, 0.1) is 17.0 Å². The van der Waals surface area contributed by atoms with Crippen LogP contribution in [0.3, 0.4) is 0 Å². The molecule has 0 saturated carbocycles. The first-order valence-corrected chi connectivity index (χ1v) is 5.84. The Kier molecular flexibility index (Phi) is 2.95. The number of nitrogens with one attached hydrogen (secondary N) is 1. The summed E-state index contributed by atoms with van der Waals surface area (Å²) in [5, 5.41) is 10.2. The molecule has 0 aliphatic heterocycles. The van der Waals surface area contributed by atoms with Gasteiger partial charge in [0.15, 0.2) is 0 Å². The first-order valence-electron chi connectivity index (χ1n) is 4.67. The second kappa shape index (κ2) is 4.11. The van der Waals surface area contributed by atoms with E-state index >= 15 is 0 Å². The lowest BCUT2D eigenvalue weighted by Crippen LogP contribution is -2.00. The predicted octanol–water partition coefficient (Wildman–Crippen LogP) is 3.52. The van der Waals surface area contributed by atoms with Gasteiger partial charge in [0.1, 0.15) is 0 Å². The van der Waals surface area contributed by atoms with Gasteiger partial charge in [-0.3, -0.25) is 4.79 Å². The van der Waals surface area contributed by atoms with Crippen molar-refractivity contribution in [3.05, 3.63) is 32.9 Å². The molecule has 1 aromatic heterocycles. The molecule has 0 spiro atoms. The molecule has 0 aliphatic rings. The molecule has 0 amide bonds. The number of hydrogen-bond donors (Lipinski definition) is 2. The van der Waals surface area contributed by atoms with Crippen molar-refractivity contribution in [3.63, 3.8) is 0 Å². The van der Waals surface area contributed by atoms with Gasteiger partial charge in [0.25, 0.3) is 0 Å². The number of aromatic nitrogens is 1. The molecule has 0 aliphatic carbocycles. The van der Waals surface area contributed by atoms with Crippen molar-refractivity contribution >= 4 is 44.4 Å². The van der Waals surface area contributed by atoms with E-state index in [9.17, 15) is 4.79 Å². The molecule has 0 bridgehead atoms. The van der Waals surface area contributed by atoms with Crippen LogP contribution in [0, 0.1) is 6.92 Å². The van der Waals surface area contributed by atoms with E-state index in [1.54, 1.807) is 6.07 Å². The smallest absolute Gasteiger partial charge is 0.307 e. The number of carbonyl (C=O) groups is 1. The van der Waals surface area contributed by atoms with Crippen LogP contribution in [0.15, 0.2) is 16.6 Å². The van der Waals surface area contributed by atoms with Crippen molar-refractivity contribution in [2.45, 2.75) is 13.3 Å². The van der Waals surface area contributed by atoms with E-state index in [2.05, 4.69) is 20.9 Å². The number of aliphatic carboxylic acids is 1. The van der Waals surface area contributed by atoms with Crippen LogP contribution in [0.4, 0.5) is 0 Å². The van der Waals surface area contributed by atoms with Crippen molar-refractivity contribution in [2.75, 3.05) is 0 Å². The fourth-order valence-electron chi connectivity index (χ4n) is 1.79. The molecule has 5 heteroatoms. The highest BCUT2D eigenvalue weighted by atomic mass is 79.9. The number of carboxylic acids is 1. The Morgan fingerprint density at radius 2 is 2.25 bits per heavy atom. The van der Waals surface area contributed by atoms with Crippen LogP contribution in [0.1, 0.15) is 11.3 Å². The summed E-state index contributed by atoms with van der Waals surface area (Å²) in [5.41, 5.74) is 2.43. The van der Waals surface area contributed by atoms with Crippen LogP contribution in [-0.4, -0.2) is 16.1 Å². The van der Waals surface area contributed by atoms with Gasteiger partial charge in [-0.15, -0.1) is 0 Å². The Hall–Kier alpha value is -1.00. The quantitative estimate of drug-likeness (QED) is 0.892. The van der Waals surface area contributed by atoms with E-state index in [1.165, 1.54) is 0 Å². The van der Waals surface area contributed by atoms with Crippen LogP contribution in [0.5, 0.6) is 0 Å². The number of hydrogen-bond acceptors (Lipinski definition) is 1. The standard InChI is InChI=1S/C11H9BrClNO2/c1-5-6(4-9(15)16)10-8(13)3-2-7(12)11(10)14-5/h2-3,14H,4H2,1H3,(H,15,16). The number of H-pyrrole nitrogens is 1. The highest BCUT2D eigenvalue weighted by molar-refractivity contribution is 9.10. The second-order valence-corrected chi connectivity index (χ2v) is 4.84. The molecule has 1 aromatic carbocycles. The average Bonchev–Trinajstić information content (AvgIpc) is 2.51. The second-order valence-electron chi connectivity index (χ2n) is 3.58. The van der Waals surface area contributed by atoms with E-state index < -0.39 is 5.97 Å². The molecule has 0 fully saturated rings. The lowest BCUT2D eigenvalue weighted by atomic mass is 10.1. The molecule has 2 rings (SSSR count). The van der Waals surface area contributed by atoms with E-state index in [0.717, 1.165) is 26.6 Å². The van der Waals surface area contributed by atoms with Gasteiger partial charge in [0, 0.05) is 15.6 Å². The van der Waals surface area contributed by atoms with Crippen molar-refractivity contribution in [1.82, 2.24) is 4.98 Å². The molecule has 2 aromatic rings. The molecule has 84 valence electrons. The van der Waals surface area contributed by atoms with Crippen molar-refractivity contribution < 1.29 is 9.90 Å². The van der Waals surface area contributed by atoms with Gasteiger partial charge < -0.3 is 10.1 Å². The summed E-state index contributed by atoms with van der Waals surface area (Å²) in [6, 6.07) is 3.59. The Labute approximate surface area is 106 Å². The van der Waals surface area contributed by atoms with Gasteiger partial charge in [-0.05, 0) is 40.5 Å². The fourth-order valence-corrected chi connectivity index (χ4v) is 2.49. The SMILES string of the molecule is Cc1[nH]c2c(Br)ccc(Cl)c2c1CC(=O)O. The largest absolute Gasteiger partial charge is 0.481 e. The Balaban J connectivity index is 2.77. The van der Waals surface area contributed by atoms with Gasteiger partial charge in [0.2, 0.25) is 0 Å². The predicted molar refractivity (Wildman–Crippen MR) is 67.1 cm³/mol. The maximum atomic E-state index is 10.8. The van der Waals surface area contributed by atoms with Crippen molar-refractivity contribution in [1.29, 1.82) is 0 Å². The number of halogens is 2. The van der Waals surface area contributed by atoms with E-state index in [1.807, 2.05) is 13.0 Å². The number of aromatic amines is 1. The maximum Gasteiger partial charge on any atom is 0.307 e. The monoisotopic (exact) mass is 301 g/mol. The van der Waals surface area contributed by atoms with Crippen LogP contribution in [0.25, 0.3) is 10.9 Å². The highest BCUT2D eigenvalue weighted by Crippen LogP contribution is 2.34. The van der Waals surface area contributed by atoms with Gasteiger partial charge in [-0.1, -0.05) is 11.6 Å². The van der Waals surface area contributed by atoms with Crippen LogP contribution in [0.2, 0.25) is 5.02 Å². The minimum Gasteiger partial charge on any atom is -0.481 e. The third-order valence-electron chi connectivity index (χ3n) is 2.50. The molecular weight excluding hydrogens is 293 g/mol. The summed E-state index contributed by atoms with van der Waals surface area (Å²) in [4.78, 5) is 13.9. The molecule has 3 nitrogen and oxygen atoms in total. The Morgan fingerprint density at radius 3 is 2.88 bits per heavy atom. The molecular formula is C11H9BrClNO2. The first kappa shape index (κ1) is 11.5. The topological polar surface area (TPSA) is 53.1 Å². The zero-order valence-electron chi connectivity index (χ0n) is 8.47. The van der Waals surface area contributed by atoms with E-state index in [-0.39, 0.29) is 6.42 Å². The van der Waals surface area contributed by atoms with E-state index in [4.69, 9.17) is 16.7 Å². The fraction of sp³-hybridized carbons (Fsp3) is 0.182. The van der Waals surface area contributed by atoms with Gasteiger partial charge in [-0.25, -0.2) is 0 Å². The zero-order valence-corrected chi connectivity index (χ0v) is 10.8. The van der Waals surface area contributed by atoms with Gasteiger partial charge >= 0.3 is 5.97 Å². The van der Waals surface area contributed by atoms with Crippen LogP contribution >= 0.6 is 27.5 Å². The summed E-state index contributed by atoms with van der Waals surface area (Å²) >= 11 is 9.50. The van der Waals surface area contributed by atoms with E-state index in [0.29, 0.717) is 5.02 Å². The molecule has 0 saturated heterocycles. The summed E-state index contributed by atoms with van der Waals surface area (Å²) in [6.45, 7) is 1.85. The summed E-state index contributed by atoms with van der Waals surface area (Å²) in [6.07, 6.45) is -0.0258. The minimum atomic E-state index is -0.861. The molecule has 0 radical (unpaired) electrons. The van der Waals surface area contributed by atoms with Crippen LogP contribution in [-0.2, 0) is 11.2 Å². The zero-order chi connectivity index (χ0) is 11.9. The van der Waals surface area contributed by atoms with Crippen molar-refractivity contribution in [3.8, 4) is 0 Å². The third-order valence-corrected chi connectivity index (χ3v) is 3.47. The Bertz CT molecular complexity index is 577. The number of aryl methyl sites for hydroxylation is 1. The van der Waals surface area contributed by atoms with Gasteiger partial charge in [-0.2, -0.15) is 0 Å². The number of benzene rings is 1. The number of carboxylic acid groups (broad SMARTS) is 1. The number of rotatable bonds is 2. The molecule has 0 atom stereocenters. The van der Waals surface area contributed by atoms with Crippen molar-refractivity contribution in [2.24, 2.45) is 0 Å². The summed E-state index contributed by atoms with van der Waals surface area (Å²) < 4.78 is 0.881. The maximum absolute atomic E-state index is 10.8. The molecule has 0 unspecified atom stereocenters. The lowest BCUT2D eigenvalue weighted by molar-refractivity contribution is -0.136. The molecule has 16 heavy (non-hydrogen) atoms. The minimum absolute atomic E-state index is 0.0258. The third kappa shape index (κ3) is 1.83. The average molecular weight is 303 g/mol. The first-order chi connectivity index (χ1) is 7.50. The Morgan fingerprint density at radius 1 is 1.56 bits per heavy atom. The molecule has 2 N–H and O–H groups in total. The summed E-state index contributed by atoms with van der Waals surface area (Å²) in [5.74, 6) is -0.861. The van der Waals surface area contributed by atoms with Crippen LogP contribution < -0.4 is 0 Å². The number of fused-ring (bicyclic) bond motifs is 1. The summed E-state index contributed by atoms with van der Waals surface area (Å²) in [7, 11) is 0. The normalized spacial score (nSPS) is 10.9. The lowest BCUT2D eigenvalue weighted by Gasteiger charge is -2.00.